The van der Waals surface area contributed by atoms with Gasteiger partial charge in [-0.15, -0.1) is 17.5 Å². The molecule has 1 saturated carbocycles. The first kappa shape index (κ1) is 16.2. The van der Waals surface area contributed by atoms with Gasteiger partial charge in [-0.2, -0.15) is 0 Å². The highest BCUT2D eigenvalue weighted by Crippen LogP contribution is 2.29. The van der Waals surface area contributed by atoms with E-state index in [1.54, 1.807) is 6.20 Å². The number of carbonyl (C=O) groups is 1. The topological polar surface area (TPSA) is 71.8 Å². The lowest BCUT2D eigenvalue weighted by atomic mass is 10.0. The normalized spacial score (nSPS) is 21.8. The summed E-state index contributed by atoms with van der Waals surface area (Å²) in [6.07, 6.45) is 8.38. The molecule has 0 aromatic carbocycles. The van der Waals surface area contributed by atoms with E-state index < -0.39 is 0 Å². The van der Waals surface area contributed by atoms with Gasteiger partial charge in [0.1, 0.15) is 0 Å². The maximum atomic E-state index is 12.3. The van der Waals surface area contributed by atoms with Crippen molar-refractivity contribution in [2.75, 3.05) is 13.1 Å². The van der Waals surface area contributed by atoms with Crippen molar-refractivity contribution < 1.29 is 4.79 Å². The third kappa shape index (κ3) is 3.74. The van der Waals surface area contributed by atoms with Crippen molar-refractivity contribution >= 4 is 18.3 Å². The number of piperidine rings is 1. The molecule has 0 unspecified atom stereocenters. The summed E-state index contributed by atoms with van der Waals surface area (Å²) in [4.78, 5) is 12.3. The zero-order valence-corrected chi connectivity index (χ0v) is 13.3. The summed E-state index contributed by atoms with van der Waals surface area (Å²) < 4.78 is 1.85. The molecule has 1 aromatic heterocycles. The molecule has 2 fully saturated rings. The van der Waals surface area contributed by atoms with E-state index in [9.17, 15) is 4.79 Å². The number of amides is 1. The Morgan fingerprint density at radius 3 is 2.71 bits per heavy atom. The first-order valence-corrected chi connectivity index (χ1v) is 7.61. The molecule has 2 aliphatic rings. The molecule has 21 heavy (non-hydrogen) atoms. The van der Waals surface area contributed by atoms with Crippen molar-refractivity contribution in [1.82, 2.24) is 25.6 Å². The zero-order chi connectivity index (χ0) is 14.0. The van der Waals surface area contributed by atoms with Gasteiger partial charge in [-0.25, -0.2) is 4.68 Å². The standard InChI is InChI=1S/C14H23N5O.ClH/c1-14(6-2-3-7-14)16-13(20)12-10-19(18-17-12)11-4-8-15-9-5-11;/h10-11,15H,2-9H2,1H3,(H,16,20);1H. The number of nitrogens with zero attached hydrogens (tertiary/aromatic N) is 3. The van der Waals surface area contributed by atoms with Crippen molar-refractivity contribution in [2.24, 2.45) is 0 Å². The van der Waals surface area contributed by atoms with Gasteiger partial charge in [0, 0.05) is 5.54 Å². The van der Waals surface area contributed by atoms with E-state index in [0.29, 0.717) is 11.7 Å². The SMILES string of the molecule is CC1(NC(=O)c2cn(C3CCNCC3)nn2)CCCC1.Cl. The smallest absolute Gasteiger partial charge is 0.273 e. The van der Waals surface area contributed by atoms with Crippen LogP contribution < -0.4 is 10.6 Å². The number of hydrogen-bond donors (Lipinski definition) is 2. The molecule has 1 aliphatic heterocycles. The molecule has 0 atom stereocenters. The third-order valence-corrected chi connectivity index (χ3v) is 4.55. The Morgan fingerprint density at radius 1 is 1.38 bits per heavy atom. The molecule has 0 spiro atoms. The molecule has 2 heterocycles. The summed E-state index contributed by atoms with van der Waals surface area (Å²) in [5, 5.41) is 14.6. The van der Waals surface area contributed by atoms with Crippen LogP contribution in [-0.4, -0.2) is 39.5 Å². The minimum atomic E-state index is -0.0883. The van der Waals surface area contributed by atoms with Crippen molar-refractivity contribution in [1.29, 1.82) is 0 Å². The summed E-state index contributed by atoms with van der Waals surface area (Å²) in [5.74, 6) is -0.0883. The summed E-state index contributed by atoms with van der Waals surface area (Å²) in [5.41, 5.74) is 0.381. The fourth-order valence-corrected chi connectivity index (χ4v) is 3.25. The summed E-state index contributed by atoms with van der Waals surface area (Å²) in [6, 6.07) is 0.368. The Morgan fingerprint density at radius 2 is 2.05 bits per heavy atom. The Labute approximate surface area is 131 Å². The van der Waals surface area contributed by atoms with Gasteiger partial charge >= 0.3 is 0 Å². The summed E-state index contributed by atoms with van der Waals surface area (Å²) >= 11 is 0. The monoisotopic (exact) mass is 313 g/mol. The van der Waals surface area contributed by atoms with E-state index in [4.69, 9.17) is 0 Å². The highest BCUT2D eigenvalue weighted by Gasteiger charge is 2.31. The van der Waals surface area contributed by atoms with Gasteiger partial charge in [0.15, 0.2) is 5.69 Å². The number of nitrogens with one attached hydrogen (secondary N) is 2. The van der Waals surface area contributed by atoms with Crippen molar-refractivity contribution in [3.8, 4) is 0 Å². The lowest BCUT2D eigenvalue weighted by Crippen LogP contribution is -2.43. The lowest BCUT2D eigenvalue weighted by molar-refractivity contribution is 0.0903. The molecule has 7 heteroatoms. The molecule has 3 rings (SSSR count). The van der Waals surface area contributed by atoms with Gasteiger partial charge in [0.25, 0.3) is 5.91 Å². The van der Waals surface area contributed by atoms with Crippen LogP contribution >= 0.6 is 12.4 Å². The minimum Gasteiger partial charge on any atom is -0.345 e. The largest absolute Gasteiger partial charge is 0.345 e. The van der Waals surface area contributed by atoms with E-state index in [1.807, 2.05) is 4.68 Å². The van der Waals surface area contributed by atoms with Crippen LogP contribution in [0.15, 0.2) is 6.20 Å². The number of hydrogen-bond acceptors (Lipinski definition) is 4. The Bertz CT molecular complexity index is 477. The highest BCUT2D eigenvalue weighted by molar-refractivity contribution is 5.92. The molecule has 1 aliphatic carbocycles. The van der Waals surface area contributed by atoms with Crippen molar-refractivity contribution in [3.05, 3.63) is 11.9 Å². The Hall–Kier alpha value is -1.14. The van der Waals surface area contributed by atoms with Gasteiger partial charge in [0.05, 0.1) is 12.2 Å². The Balaban J connectivity index is 0.00000161. The second kappa shape index (κ2) is 6.75. The highest BCUT2D eigenvalue weighted by atomic mass is 35.5. The third-order valence-electron chi connectivity index (χ3n) is 4.55. The van der Waals surface area contributed by atoms with Crippen molar-refractivity contribution in [2.45, 2.75) is 57.0 Å². The van der Waals surface area contributed by atoms with Crippen LogP contribution in [0, 0.1) is 0 Å². The van der Waals surface area contributed by atoms with E-state index in [-0.39, 0.29) is 23.9 Å². The molecule has 1 amide bonds. The molecule has 6 nitrogen and oxygen atoms in total. The number of halogens is 1. The summed E-state index contributed by atoms with van der Waals surface area (Å²) in [7, 11) is 0. The lowest BCUT2D eigenvalue weighted by Gasteiger charge is -2.24. The molecule has 0 bridgehead atoms. The molecule has 1 saturated heterocycles. The second-order valence-electron chi connectivity index (χ2n) is 6.29. The van der Waals surface area contributed by atoms with Crippen molar-refractivity contribution in [3.63, 3.8) is 0 Å². The fraction of sp³-hybridized carbons (Fsp3) is 0.786. The van der Waals surface area contributed by atoms with E-state index in [2.05, 4.69) is 27.9 Å². The first-order valence-electron chi connectivity index (χ1n) is 7.61. The predicted octanol–water partition coefficient (Wildman–Crippen LogP) is 1.69. The average molecular weight is 314 g/mol. The second-order valence-corrected chi connectivity index (χ2v) is 6.29. The van der Waals surface area contributed by atoms with E-state index >= 15 is 0 Å². The molecular formula is C14H24ClN5O. The van der Waals surface area contributed by atoms with E-state index in [1.165, 1.54) is 12.8 Å². The van der Waals surface area contributed by atoms with E-state index in [0.717, 1.165) is 38.8 Å². The van der Waals surface area contributed by atoms with Crippen LogP contribution in [-0.2, 0) is 0 Å². The molecule has 118 valence electrons. The number of carbonyl (C=O) groups excluding carboxylic acids is 1. The number of rotatable bonds is 3. The van der Waals surface area contributed by atoms with Gasteiger partial charge < -0.3 is 10.6 Å². The summed E-state index contributed by atoms with van der Waals surface area (Å²) in [6.45, 7) is 4.13. The predicted molar refractivity (Wildman–Crippen MR) is 82.7 cm³/mol. The number of aromatic nitrogens is 3. The van der Waals surface area contributed by atoms with Crippen LogP contribution in [0.4, 0.5) is 0 Å². The van der Waals surface area contributed by atoms with Crippen LogP contribution in [0.5, 0.6) is 0 Å². The molecule has 1 aromatic rings. The minimum absolute atomic E-state index is 0. The van der Waals surface area contributed by atoms with Crippen LogP contribution in [0.3, 0.4) is 0 Å². The first-order chi connectivity index (χ1) is 9.66. The maximum Gasteiger partial charge on any atom is 0.273 e. The van der Waals surface area contributed by atoms with Gasteiger partial charge in [-0.05, 0) is 45.7 Å². The fourth-order valence-electron chi connectivity index (χ4n) is 3.25. The van der Waals surface area contributed by atoms with Crippen LogP contribution in [0.1, 0.15) is 62.0 Å². The van der Waals surface area contributed by atoms with Gasteiger partial charge in [0.2, 0.25) is 0 Å². The zero-order valence-electron chi connectivity index (χ0n) is 12.5. The van der Waals surface area contributed by atoms with Crippen LogP contribution in [0.2, 0.25) is 0 Å². The van der Waals surface area contributed by atoms with Crippen LogP contribution in [0.25, 0.3) is 0 Å². The molecular weight excluding hydrogens is 290 g/mol. The molecule has 0 radical (unpaired) electrons. The maximum absolute atomic E-state index is 12.3. The average Bonchev–Trinajstić information content (AvgIpc) is 3.09. The van der Waals surface area contributed by atoms with Gasteiger partial charge in [-0.1, -0.05) is 18.1 Å². The molecule has 2 N–H and O–H groups in total. The quantitative estimate of drug-likeness (QED) is 0.890. The van der Waals surface area contributed by atoms with Gasteiger partial charge in [-0.3, -0.25) is 4.79 Å². The Kier molecular flexibility index (Phi) is 5.22.